The van der Waals surface area contributed by atoms with E-state index in [-0.39, 0.29) is 24.6 Å². The summed E-state index contributed by atoms with van der Waals surface area (Å²) in [5.41, 5.74) is 0.565. The van der Waals surface area contributed by atoms with Crippen molar-refractivity contribution in [3.8, 4) is 11.4 Å². The number of hydrogen-bond donors (Lipinski definition) is 2. The van der Waals surface area contributed by atoms with Crippen molar-refractivity contribution in [3.05, 3.63) is 40.8 Å². The van der Waals surface area contributed by atoms with E-state index in [4.69, 9.17) is 0 Å². The van der Waals surface area contributed by atoms with Gasteiger partial charge in [0.25, 0.3) is 0 Å². The van der Waals surface area contributed by atoms with Crippen LogP contribution in [0.3, 0.4) is 0 Å². The molecule has 0 amide bonds. The molecule has 0 saturated heterocycles. The van der Waals surface area contributed by atoms with Gasteiger partial charge in [-0.15, -0.1) is 0 Å². The lowest BCUT2D eigenvalue weighted by Crippen LogP contribution is -2.12. The summed E-state index contributed by atoms with van der Waals surface area (Å²) in [5.74, 6) is -0.873. The summed E-state index contributed by atoms with van der Waals surface area (Å²) in [6.07, 6.45) is 3.85. The van der Waals surface area contributed by atoms with E-state index in [1.807, 2.05) is 0 Å². The number of aromatic amines is 1. The number of carbonyl (C=O) groups is 1. The zero-order chi connectivity index (χ0) is 19.8. The predicted octanol–water partition coefficient (Wildman–Crippen LogP) is 2.01. The monoisotopic (exact) mass is 376 g/mol. The van der Waals surface area contributed by atoms with Gasteiger partial charge in [-0.3, -0.25) is 4.79 Å². The molecule has 0 aromatic carbocycles. The number of halogens is 1. The Morgan fingerprint density at radius 1 is 1.37 bits per heavy atom. The highest BCUT2D eigenvalue weighted by molar-refractivity contribution is 5.69. The summed E-state index contributed by atoms with van der Waals surface area (Å²) in [4.78, 5) is 30.7. The van der Waals surface area contributed by atoms with Crippen LogP contribution in [0.25, 0.3) is 17.0 Å². The summed E-state index contributed by atoms with van der Waals surface area (Å²) in [6, 6.07) is 3.28. The lowest BCUT2D eigenvalue weighted by atomic mass is 10.2. The van der Waals surface area contributed by atoms with Gasteiger partial charge in [-0.25, -0.2) is 28.7 Å². The van der Waals surface area contributed by atoms with Gasteiger partial charge < -0.3 is 10.1 Å². The van der Waals surface area contributed by atoms with Crippen molar-refractivity contribution in [1.29, 1.82) is 0 Å². The summed E-state index contributed by atoms with van der Waals surface area (Å²) in [5, 5.41) is 8.86. The normalized spacial score (nSPS) is 10.2. The van der Waals surface area contributed by atoms with Crippen molar-refractivity contribution in [2.45, 2.75) is 26.7 Å². The highest BCUT2D eigenvalue weighted by Gasteiger charge is 2.11. The third-order valence-corrected chi connectivity index (χ3v) is 3.26. The van der Waals surface area contributed by atoms with Crippen LogP contribution >= 0.6 is 0 Å². The van der Waals surface area contributed by atoms with Crippen molar-refractivity contribution in [2.75, 3.05) is 19.0 Å². The molecule has 0 fully saturated rings. The summed E-state index contributed by atoms with van der Waals surface area (Å²) in [7, 11) is 1.28. The molecule has 0 aliphatic carbocycles. The van der Waals surface area contributed by atoms with E-state index >= 15 is 0 Å². The van der Waals surface area contributed by atoms with E-state index in [9.17, 15) is 14.0 Å². The smallest absolute Gasteiger partial charge is 0.347 e. The topological polar surface area (TPSA) is 114 Å². The number of aromatic nitrogens is 5. The van der Waals surface area contributed by atoms with E-state index in [0.29, 0.717) is 11.2 Å². The van der Waals surface area contributed by atoms with Gasteiger partial charge in [-0.05, 0) is 12.1 Å². The number of hydrogen-bond acceptors (Lipinski definition) is 7. The lowest BCUT2D eigenvalue weighted by molar-refractivity contribution is -0.140. The zero-order valence-electron chi connectivity index (χ0n) is 15.3. The lowest BCUT2D eigenvalue weighted by Gasteiger charge is -2.08. The van der Waals surface area contributed by atoms with Crippen LogP contribution in [0, 0.1) is 5.82 Å². The Hall–Kier alpha value is -3.30. The Morgan fingerprint density at radius 3 is 2.81 bits per heavy atom. The number of fused-ring (bicyclic) bond motifs is 1. The minimum atomic E-state index is -0.648. The fraction of sp³-hybridized carbons (Fsp3) is 0.353. The Balaban J connectivity index is 0.000000817. The second-order valence-corrected chi connectivity index (χ2v) is 5.52. The highest BCUT2D eigenvalue weighted by Crippen LogP contribution is 2.18. The Morgan fingerprint density at radius 2 is 2.11 bits per heavy atom. The molecule has 3 aromatic rings. The van der Waals surface area contributed by atoms with E-state index in [1.165, 1.54) is 24.1 Å². The van der Waals surface area contributed by atoms with Gasteiger partial charge in [0.05, 0.1) is 19.7 Å². The zero-order valence-corrected chi connectivity index (χ0v) is 15.3. The Bertz CT molecular complexity index is 969. The summed E-state index contributed by atoms with van der Waals surface area (Å²) in [6.45, 7) is 4.42. The van der Waals surface area contributed by atoms with Gasteiger partial charge in [0.1, 0.15) is 0 Å². The van der Waals surface area contributed by atoms with Crippen molar-refractivity contribution in [3.63, 3.8) is 0 Å². The van der Waals surface area contributed by atoms with Crippen LogP contribution in [0.15, 0.2) is 29.3 Å². The fourth-order valence-electron chi connectivity index (χ4n) is 2.05. The van der Waals surface area contributed by atoms with Crippen molar-refractivity contribution in [2.24, 2.45) is 0 Å². The molecule has 0 aliphatic rings. The maximum Gasteiger partial charge on any atom is 0.347 e. The number of H-pyrrole nitrogens is 1. The largest absolute Gasteiger partial charge is 0.469 e. The number of rotatable bonds is 5. The maximum atomic E-state index is 13.8. The van der Waals surface area contributed by atoms with Crippen molar-refractivity contribution < 1.29 is 13.9 Å². The molecule has 3 rings (SSSR count). The number of nitrogens with zero attached hydrogens (tertiary/aromatic N) is 4. The molecular weight excluding hydrogens is 355 g/mol. The maximum absolute atomic E-state index is 13.8. The van der Waals surface area contributed by atoms with E-state index in [1.54, 1.807) is 12.1 Å². The second-order valence-electron chi connectivity index (χ2n) is 5.52. The molecule has 3 heterocycles. The molecule has 3 aromatic heterocycles. The van der Waals surface area contributed by atoms with Crippen LogP contribution in [0.4, 0.5) is 10.2 Å². The molecular formula is C17H21FN6O3. The summed E-state index contributed by atoms with van der Waals surface area (Å²) < 4.78 is 19.6. The van der Waals surface area contributed by atoms with Crippen LogP contribution in [0.5, 0.6) is 0 Å². The minimum absolute atomic E-state index is 0.0384. The van der Waals surface area contributed by atoms with Gasteiger partial charge in [0, 0.05) is 18.3 Å². The van der Waals surface area contributed by atoms with Crippen LogP contribution in [-0.2, 0) is 9.53 Å². The molecule has 0 aliphatic heterocycles. The molecule has 0 atom stereocenters. The molecule has 0 unspecified atom stereocenters. The molecule has 0 bridgehead atoms. The average Bonchev–Trinajstić information content (AvgIpc) is 3.04. The van der Waals surface area contributed by atoms with E-state index in [2.05, 4.69) is 44.1 Å². The number of ether oxygens (including phenoxy) is 1. The van der Waals surface area contributed by atoms with E-state index in [0.717, 1.165) is 6.20 Å². The predicted molar refractivity (Wildman–Crippen MR) is 97.9 cm³/mol. The number of methoxy groups -OCH3 is 1. The molecule has 2 N–H and O–H groups in total. The highest BCUT2D eigenvalue weighted by atomic mass is 19.1. The number of carbonyl (C=O) groups excluding carboxylic acids is 1. The van der Waals surface area contributed by atoms with Gasteiger partial charge in [0.2, 0.25) is 0 Å². The van der Waals surface area contributed by atoms with Crippen LogP contribution < -0.4 is 11.0 Å². The number of anilines is 1. The molecule has 0 radical (unpaired) electrons. The van der Waals surface area contributed by atoms with E-state index < -0.39 is 17.5 Å². The summed E-state index contributed by atoms with van der Waals surface area (Å²) >= 11 is 0. The molecule has 144 valence electrons. The van der Waals surface area contributed by atoms with Crippen LogP contribution in [0.1, 0.15) is 26.7 Å². The minimum Gasteiger partial charge on any atom is -0.469 e. The van der Waals surface area contributed by atoms with Crippen molar-refractivity contribution in [1.82, 2.24) is 24.6 Å². The first-order valence-corrected chi connectivity index (χ1v) is 8.40. The third-order valence-electron chi connectivity index (χ3n) is 3.26. The first-order chi connectivity index (χ1) is 13.0. The third kappa shape index (κ3) is 5.09. The number of nitrogens with one attached hydrogen (secondary N) is 2. The SMILES string of the molecule is CCC.COC(=O)CCNc1nc(-c2ccc3n[nH]c(=O)n3c2)ncc1F. The molecule has 0 saturated carbocycles. The average molecular weight is 376 g/mol. The molecule has 9 nitrogen and oxygen atoms in total. The molecule has 0 spiro atoms. The van der Waals surface area contributed by atoms with Gasteiger partial charge in [-0.2, -0.15) is 5.10 Å². The van der Waals surface area contributed by atoms with Crippen LogP contribution in [-0.4, -0.2) is 44.2 Å². The number of pyridine rings is 1. The van der Waals surface area contributed by atoms with Gasteiger partial charge in [0.15, 0.2) is 23.1 Å². The first kappa shape index (κ1) is 20.0. The fourth-order valence-corrected chi connectivity index (χ4v) is 2.05. The van der Waals surface area contributed by atoms with Crippen LogP contribution in [0.2, 0.25) is 0 Å². The van der Waals surface area contributed by atoms with Gasteiger partial charge >= 0.3 is 11.7 Å². The number of esters is 1. The first-order valence-electron chi connectivity index (χ1n) is 8.40. The molecule has 10 heteroatoms. The second kappa shape index (κ2) is 9.41. The quantitative estimate of drug-likeness (QED) is 0.655. The van der Waals surface area contributed by atoms with Crippen molar-refractivity contribution >= 4 is 17.4 Å². The van der Waals surface area contributed by atoms with Gasteiger partial charge in [-0.1, -0.05) is 20.3 Å². The Kier molecular flexibility index (Phi) is 6.98. The molecule has 27 heavy (non-hydrogen) atoms. The Labute approximate surface area is 154 Å². The standard InChI is InChI=1S/C14H13FN6O3.C3H8/c1-24-11(22)4-5-16-13-9(15)6-17-12(18-13)8-2-3-10-19-20-14(23)21(10)7-8;1-3-2/h2-3,6-7H,4-5H2,1H3,(H,20,23)(H,16,17,18);3H2,1-2H3.